The maximum atomic E-state index is 13.4. The Kier molecular flexibility index (Phi) is 7.26. The predicted octanol–water partition coefficient (Wildman–Crippen LogP) is 3.80. The molecular weight excluding hydrogens is 414 g/mol. The van der Waals surface area contributed by atoms with Crippen molar-refractivity contribution in [3.8, 4) is 11.5 Å². The van der Waals surface area contributed by atoms with E-state index in [1.54, 1.807) is 31.1 Å². The fraction of sp³-hybridized carbons (Fsp3) is 0.458. The fourth-order valence-corrected chi connectivity index (χ4v) is 5.53. The summed E-state index contributed by atoms with van der Waals surface area (Å²) in [6, 6.07) is 14.9. The summed E-state index contributed by atoms with van der Waals surface area (Å²) in [5, 5.41) is 0. The molecule has 0 radical (unpaired) electrons. The molecule has 1 amide bonds. The zero-order valence-electron chi connectivity index (χ0n) is 18.6. The van der Waals surface area contributed by atoms with Gasteiger partial charge in [-0.1, -0.05) is 50.2 Å². The summed E-state index contributed by atoms with van der Waals surface area (Å²) in [4.78, 5) is 15.1. The Labute approximate surface area is 185 Å². The number of benzene rings is 2. The molecular formula is C24H31NO5S. The molecule has 0 saturated carbocycles. The van der Waals surface area contributed by atoms with Gasteiger partial charge in [0.2, 0.25) is 0 Å². The highest BCUT2D eigenvalue weighted by Gasteiger charge is 2.36. The highest BCUT2D eigenvalue weighted by atomic mass is 32.2. The normalized spacial score (nSPS) is 18.5. The third-order valence-corrected chi connectivity index (χ3v) is 7.40. The molecule has 2 aromatic carbocycles. The van der Waals surface area contributed by atoms with Gasteiger partial charge in [0, 0.05) is 12.6 Å². The third kappa shape index (κ3) is 5.79. The predicted molar refractivity (Wildman–Crippen MR) is 121 cm³/mol. The van der Waals surface area contributed by atoms with E-state index in [1.165, 1.54) is 5.56 Å². The number of carbonyl (C=O) groups excluding carboxylic acids is 1. The number of nitrogens with zero attached hydrogens (tertiary/aromatic N) is 1. The SMILES string of the molecule is COc1ccccc1OC(C)C(=O)N(Cc1ccc(C(C)C)cc1)C1CCS(=O)(=O)C1. The van der Waals surface area contributed by atoms with Crippen LogP contribution in [0.4, 0.5) is 0 Å². The maximum absolute atomic E-state index is 13.4. The van der Waals surface area contributed by atoms with Crippen molar-refractivity contribution in [2.45, 2.75) is 51.8 Å². The Morgan fingerprint density at radius 2 is 1.71 bits per heavy atom. The lowest BCUT2D eigenvalue weighted by atomic mass is 10.0. The van der Waals surface area contributed by atoms with Gasteiger partial charge in [0.05, 0.1) is 18.6 Å². The maximum Gasteiger partial charge on any atom is 0.263 e. The van der Waals surface area contributed by atoms with Gasteiger partial charge in [0.25, 0.3) is 5.91 Å². The molecule has 2 unspecified atom stereocenters. The van der Waals surface area contributed by atoms with Crippen LogP contribution in [0.25, 0.3) is 0 Å². The lowest BCUT2D eigenvalue weighted by molar-refractivity contribution is -0.140. The van der Waals surface area contributed by atoms with Gasteiger partial charge in [-0.25, -0.2) is 8.42 Å². The van der Waals surface area contributed by atoms with Gasteiger partial charge in [-0.3, -0.25) is 4.79 Å². The first-order valence-corrected chi connectivity index (χ1v) is 12.4. The Bertz CT molecular complexity index is 1000. The van der Waals surface area contributed by atoms with Crippen molar-refractivity contribution in [2.75, 3.05) is 18.6 Å². The molecule has 6 nitrogen and oxygen atoms in total. The summed E-state index contributed by atoms with van der Waals surface area (Å²) < 4.78 is 35.4. The minimum Gasteiger partial charge on any atom is -0.493 e. The molecule has 0 N–H and O–H groups in total. The number of hydrogen-bond donors (Lipinski definition) is 0. The molecule has 7 heteroatoms. The van der Waals surface area contributed by atoms with Gasteiger partial charge in [0.1, 0.15) is 0 Å². The molecule has 31 heavy (non-hydrogen) atoms. The number of rotatable bonds is 8. The van der Waals surface area contributed by atoms with Crippen molar-refractivity contribution in [3.63, 3.8) is 0 Å². The Hall–Kier alpha value is -2.54. The van der Waals surface area contributed by atoms with Crippen molar-refractivity contribution in [3.05, 3.63) is 59.7 Å². The molecule has 0 aliphatic carbocycles. The fourth-order valence-electron chi connectivity index (χ4n) is 3.80. The monoisotopic (exact) mass is 445 g/mol. The van der Waals surface area contributed by atoms with Crippen LogP contribution in [0.1, 0.15) is 44.2 Å². The first-order valence-electron chi connectivity index (χ1n) is 10.6. The summed E-state index contributed by atoms with van der Waals surface area (Å²) in [7, 11) is -1.59. The summed E-state index contributed by atoms with van der Waals surface area (Å²) in [5.74, 6) is 1.30. The van der Waals surface area contributed by atoms with Gasteiger partial charge >= 0.3 is 0 Å². The van der Waals surface area contributed by atoms with Crippen LogP contribution in [0.15, 0.2) is 48.5 Å². The minimum absolute atomic E-state index is 0.00973. The van der Waals surface area contributed by atoms with Crippen molar-refractivity contribution >= 4 is 15.7 Å². The summed E-state index contributed by atoms with van der Waals surface area (Å²) in [6.07, 6.45) is -0.339. The van der Waals surface area contributed by atoms with Crippen molar-refractivity contribution < 1.29 is 22.7 Å². The van der Waals surface area contributed by atoms with Crippen LogP contribution in [0.2, 0.25) is 0 Å². The lowest BCUT2D eigenvalue weighted by Gasteiger charge is -2.31. The van der Waals surface area contributed by atoms with Crippen molar-refractivity contribution in [2.24, 2.45) is 0 Å². The van der Waals surface area contributed by atoms with E-state index in [0.29, 0.717) is 30.4 Å². The first kappa shape index (κ1) is 23.1. The number of hydrogen-bond acceptors (Lipinski definition) is 5. The van der Waals surface area contributed by atoms with Crippen LogP contribution in [-0.4, -0.2) is 50.0 Å². The second-order valence-corrected chi connectivity index (χ2v) is 10.6. The van der Waals surface area contributed by atoms with Crippen LogP contribution in [0.5, 0.6) is 11.5 Å². The van der Waals surface area contributed by atoms with E-state index in [9.17, 15) is 13.2 Å². The highest BCUT2D eigenvalue weighted by molar-refractivity contribution is 7.91. The number of ether oxygens (including phenoxy) is 2. The van der Waals surface area contributed by atoms with E-state index in [-0.39, 0.29) is 23.5 Å². The number of carbonyl (C=O) groups is 1. The summed E-state index contributed by atoms with van der Waals surface area (Å²) in [6.45, 7) is 6.29. The molecule has 168 valence electrons. The number of sulfone groups is 1. The zero-order valence-corrected chi connectivity index (χ0v) is 19.4. The number of amides is 1. The summed E-state index contributed by atoms with van der Waals surface area (Å²) in [5.41, 5.74) is 2.18. The molecule has 0 bridgehead atoms. The van der Waals surface area contributed by atoms with Crippen LogP contribution in [0, 0.1) is 0 Å². The molecule has 1 fully saturated rings. The third-order valence-electron chi connectivity index (χ3n) is 5.65. The molecule has 2 aromatic rings. The first-order chi connectivity index (χ1) is 14.7. The highest BCUT2D eigenvalue weighted by Crippen LogP contribution is 2.28. The van der Waals surface area contributed by atoms with Gasteiger partial charge in [-0.2, -0.15) is 0 Å². The number of methoxy groups -OCH3 is 1. The van der Waals surface area contributed by atoms with E-state index in [0.717, 1.165) is 5.56 Å². The van der Waals surface area contributed by atoms with E-state index in [2.05, 4.69) is 26.0 Å². The standard InChI is InChI=1S/C24H31NO5S/c1-17(2)20-11-9-19(10-12-20)15-25(21-13-14-31(27,28)16-21)24(26)18(3)30-23-8-6-5-7-22(23)29-4/h5-12,17-18,21H,13-16H2,1-4H3. The van der Waals surface area contributed by atoms with Gasteiger partial charge in [-0.15, -0.1) is 0 Å². The topological polar surface area (TPSA) is 72.9 Å². The molecule has 1 saturated heterocycles. The van der Waals surface area contributed by atoms with Crippen LogP contribution in [-0.2, 0) is 21.2 Å². The molecule has 1 heterocycles. The largest absolute Gasteiger partial charge is 0.493 e. The van der Waals surface area contributed by atoms with Crippen molar-refractivity contribution in [1.82, 2.24) is 4.90 Å². The smallest absolute Gasteiger partial charge is 0.263 e. The lowest BCUT2D eigenvalue weighted by Crippen LogP contribution is -2.46. The minimum atomic E-state index is -3.13. The quantitative estimate of drug-likeness (QED) is 0.618. The van der Waals surface area contributed by atoms with Gasteiger partial charge in [0.15, 0.2) is 27.4 Å². The van der Waals surface area contributed by atoms with Crippen LogP contribution in [0.3, 0.4) is 0 Å². The average molecular weight is 446 g/mol. The molecule has 0 spiro atoms. The van der Waals surface area contributed by atoms with E-state index < -0.39 is 15.9 Å². The Morgan fingerprint density at radius 3 is 2.26 bits per heavy atom. The molecule has 2 atom stereocenters. The molecule has 1 aliphatic heterocycles. The molecule has 1 aliphatic rings. The average Bonchev–Trinajstić information content (AvgIpc) is 3.11. The number of para-hydroxylation sites is 2. The second-order valence-electron chi connectivity index (χ2n) is 8.33. The van der Waals surface area contributed by atoms with Crippen LogP contribution >= 0.6 is 0 Å². The summed E-state index contributed by atoms with van der Waals surface area (Å²) >= 11 is 0. The molecule has 0 aromatic heterocycles. The Balaban J connectivity index is 1.82. The molecule has 3 rings (SSSR count). The van der Waals surface area contributed by atoms with Crippen LogP contribution < -0.4 is 9.47 Å². The Morgan fingerprint density at radius 1 is 1.06 bits per heavy atom. The second kappa shape index (κ2) is 9.73. The zero-order chi connectivity index (χ0) is 22.6. The van der Waals surface area contributed by atoms with E-state index >= 15 is 0 Å². The van der Waals surface area contributed by atoms with E-state index in [4.69, 9.17) is 9.47 Å². The van der Waals surface area contributed by atoms with Crippen molar-refractivity contribution in [1.29, 1.82) is 0 Å². The van der Waals surface area contributed by atoms with E-state index in [1.807, 2.05) is 24.3 Å². The van der Waals surface area contributed by atoms with Gasteiger partial charge in [-0.05, 0) is 42.5 Å². The van der Waals surface area contributed by atoms with Gasteiger partial charge < -0.3 is 14.4 Å².